The van der Waals surface area contributed by atoms with Gasteiger partial charge in [0.15, 0.2) is 0 Å². The molecular formula is C21H27ClN4O2. The number of ether oxygens (including phenoxy) is 1. The standard InChI is InChI=1S/C21H27ClN4O2/c1-6-26-19-8-7-16(12-18(19)23-21(26)22)20(27)25(9-10-28-5)13-17-11-14(2)24(4)15(17)3/h7-8,11-12H,6,9-10,13H2,1-5H3. The maximum absolute atomic E-state index is 13.3. The summed E-state index contributed by atoms with van der Waals surface area (Å²) in [6.45, 7) is 8.43. The number of halogens is 1. The predicted octanol–water partition coefficient (Wildman–Crippen LogP) is 3.95. The van der Waals surface area contributed by atoms with E-state index in [-0.39, 0.29) is 5.91 Å². The predicted molar refractivity (Wildman–Crippen MR) is 112 cm³/mol. The molecule has 0 aliphatic heterocycles. The van der Waals surface area contributed by atoms with Gasteiger partial charge >= 0.3 is 0 Å². The molecule has 2 aromatic heterocycles. The lowest BCUT2D eigenvalue weighted by Gasteiger charge is -2.23. The highest BCUT2D eigenvalue weighted by atomic mass is 35.5. The molecule has 0 aliphatic carbocycles. The van der Waals surface area contributed by atoms with E-state index in [0.29, 0.717) is 30.5 Å². The average molecular weight is 403 g/mol. The highest BCUT2D eigenvalue weighted by Crippen LogP contribution is 2.23. The van der Waals surface area contributed by atoms with E-state index in [4.69, 9.17) is 16.3 Å². The van der Waals surface area contributed by atoms with Crippen molar-refractivity contribution < 1.29 is 9.53 Å². The van der Waals surface area contributed by atoms with E-state index in [1.54, 1.807) is 7.11 Å². The van der Waals surface area contributed by atoms with Gasteiger partial charge in [-0.15, -0.1) is 0 Å². The van der Waals surface area contributed by atoms with Gasteiger partial charge in [0.2, 0.25) is 5.28 Å². The number of rotatable bonds is 7. The lowest BCUT2D eigenvalue weighted by Crippen LogP contribution is -2.33. The molecule has 0 aliphatic rings. The molecule has 0 unspecified atom stereocenters. The van der Waals surface area contributed by atoms with Crippen LogP contribution in [0.5, 0.6) is 0 Å². The fraction of sp³-hybridized carbons (Fsp3) is 0.429. The average Bonchev–Trinajstić information content (AvgIpc) is 3.13. The van der Waals surface area contributed by atoms with Gasteiger partial charge in [0, 0.05) is 50.7 Å². The Morgan fingerprint density at radius 2 is 2.04 bits per heavy atom. The maximum Gasteiger partial charge on any atom is 0.254 e. The van der Waals surface area contributed by atoms with E-state index >= 15 is 0 Å². The SMILES string of the molecule is CCn1c(Cl)nc2cc(C(=O)N(CCOC)Cc3cc(C)n(C)c3C)ccc21. The Bertz CT molecular complexity index is 1010. The third kappa shape index (κ3) is 3.80. The molecule has 0 radical (unpaired) electrons. The molecule has 0 N–H and O–H groups in total. The number of aromatic nitrogens is 3. The Hall–Kier alpha value is -2.31. The Labute approximate surface area is 170 Å². The van der Waals surface area contributed by atoms with E-state index in [1.807, 2.05) is 41.6 Å². The molecule has 1 amide bonds. The van der Waals surface area contributed by atoms with Crippen molar-refractivity contribution in [1.29, 1.82) is 0 Å². The van der Waals surface area contributed by atoms with Crippen LogP contribution in [0, 0.1) is 13.8 Å². The Morgan fingerprint density at radius 1 is 1.29 bits per heavy atom. The molecule has 0 atom stereocenters. The first-order valence-electron chi connectivity index (χ1n) is 9.43. The van der Waals surface area contributed by atoms with Crippen LogP contribution in [0.2, 0.25) is 5.28 Å². The summed E-state index contributed by atoms with van der Waals surface area (Å²) in [5.41, 5.74) is 5.75. The number of carbonyl (C=O) groups is 1. The van der Waals surface area contributed by atoms with Crippen LogP contribution in [0.3, 0.4) is 0 Å². The molecule has 3 aromatic rings. The number of hydrogen-bond donors (Lipinski definition) is 0. The molecule has 0 fully saturated rings. The summed E-state index contributed by atoms with van der Waals surface area (Å²) >= 11 is 6.21. The number of aryl methyl sites for hydroxylation is 2. The minimum absolute atomic E-state index is 0.0398. The van der Waals surface area contributed by atoms with Gasteiger partial charge in [0.05, 0.1) is 17.6 Å². The fourth-order valence-electron chi connectivity index (χ4n) is 3.47. The second-order valence-corrected chi connectivity index (χ2v) is 7.34. The van der Waals surface area contributed by atoms with Crippen molar-refractivity contribution in [3.8, 4) is 0 Å². The van der Waals surface area contributed by atoms with E-state index < -0.39 is 0 Å². The van der Waals surface area contributed by atoms with E-state index in [2.05, 4.69) is 29.5 Å². The number of benzene rings is 1. The number of nitrogens with zero attached hydrogens (tertiary/aromatic N) is 4. The van der Waals surface area contributed by atoms with Crippen LogP contribution in [0.1, 0.15) is 34.2 Å². The van der Waals surface area contributed by atoms with E-state index in [9.17, 15) is 4.79 Å². The van der Waals surface area contributed by atoms with Crippen molar-refractivity contribution in [2.45, 2.75) is 33.9 Å². The van der Waals surface area contributed by atoms with E-state index in [0.717, 1.165) is 28.8 Å². The number of amides is 1. The molecule has 2 heterocycles. The van der Waals surface area contributed by atoms with Crippen LogP contribution in [0.15, 0.2) is 24.3 Å². The van der Waals surface area contributed by atoms with Crippen LogP contribution >= 0.6 is 11.6 Å². The van der Waals surface area contributed by atoms with Gasteiger partial charge in [0.1, 0.15) is 0 Å². The van der Waals surface area contributed by atoms with Crippen LogP contribution in [0.25, 0.3) is 11.0 Å². The molecule has 7 heteroatoms. The zero-order valence-corrected chi connectivity index (χ0v) is 17.9. The minimum atomic E-state index is -0.0398. The van der Waals surface area contributed by atoms with Crippen LogP contribution in [-0.4, -0.2) is 45.2 Å². The number of carbonyl (C=O) groups excluding carboxylic acids is 1. The summed E-state index contributed by atoms with van der Waals surface area (Å²) in [6.07, 6.45) is 0. The van der Waals surface area contributed by atoms with Gasteiger partial charge in [0.25, 0.3) is 5.91 Å². The molecule has 150 valence electrons. The highest BCUT2D eigenvalue weighted by molar-refractivity contribution is 6.29. The quantitative estimate of drug-likeness (QED) is 0.601. The molecule has 28 heavy (non-hydrogen) atoms. The second-order valence-electron chi connectivity index (χ2n) is 7.00. The monoisotopic (exact) mass is 402 g/mol. The first-order chi connectivity index (χ1) is 13.4. The van der Waals surface area contributed by atoms with Crippen LogP contribution < -0.4 is 0 Å². The van der Waals surface area contributed by atoms with Crippen molar-refractivity contribution in [3.63, 3.8) is 0 Å². The Morgan fingerprint density at radius 3 is 2.64 bits per heavy atom. The third-order valence-electron chi connectivity index (χ3n) is 5.36. The van der Waals surface area contributed by atoms with E-state index in [1.165, 1.54) is 5.69 Å². The smallest absolute Gasteiger partial charge is 0.254 e. The summed E-state index contributed by atoms with van der Waals surface area (Å²) in [6, 6.07) is 7.71. The van der Waals surface area contributed by atoms with Gasteiger partial charge in [-0.2, -0.15) is 0 Å². The molecule has 0 spiro atoms. The first kappa shape index (κ1) is 20.4. The van der Waals surface area contributed by atoms with Gasteiger partial charge in [-0.05, 0) is 62.2 Å². The highest BCUT2D eigenvalue weighted by Gasteiger charge is 2.20. The summed E-state index contributed by atoms with van der Waals surface area (Å²) in [7, 11) is 3.68. The van der Waals surface area contributed by atoms with Crippen LogP contribution in [-0.2, 0) is 24.9 Å². The number of methoxy groups -OCH3 is 1. The maximum atomic E-state index is 13.3. The molecule has 3 rings (SSSR count). The van der Waals surface area contributed by atoms with Gasteiger partial charge in [-0.1, -0.05) is 0 Å². The van der Waals surface area contributed by atoms with Gasteiger partial charge in [-0.25, -0.2) is 4.98 Å². The fourth-order valence-corrected chi connectivity index (χ4v) is 3.77. The second kappa shape index (κ2) is 8.37. The summed E-state index contributed by atoms with van der Waals surface area (Å²) in [5, 5.41) is 0.439. The van der Waals surface area contributed by atoms with Gasteiger partial charge < -0.3 is 18.8 Å². The number of hydrogen-bond acceptors (Lipinski definition) is 3. The number of fused-ring (bicyclic) bond motifs is 1. The first-order valence-corrected chi connectivity index (χ1v) is 9.81. The zero-order valence-electron chi connectivity index (χ0n) is 17.1. The normalized spacial score (nSPS) is 11.4. The van der Waals surface area contributed by atoms with Gasteiger partial charge in [-0.3, -0.25) is 4.79 Å². The molecular weight excluding hydrogens is 376 g/mol. The lowest BCUT2D eigenvalue weighted by atomic mass is 10.1. The van der Waals surface area contributed by atoms with Crippen LogP contribution in [0.4, 0.5) is 0 Å². The summed E-state index contributed by atoms with van der Waals surface area (Å²) in [5.74, 6) is -0.0398. The minimum Gasteiger partial charge on any atom is -0.383 e. The van der Waals surface area contributed by atoms with Crippen molar-refractivity contribution >= 4 is 28.5 Å². The number of imidazole rings is 1. The topological polar surface area (TPSA) is 52.3 Å². The Balaban J connectivity index is 1.92. The third-order valence-corrected chi connectivity index (χ3v) is 5.65. The summed E-state index contributed by atoms with van der Waals surface area (Å²) in [4.78, 5) is 19.5. The largest absolute Gasteiger partial charge is 0.383 e. The van der Waals surface area contributed by atoms with Crippen molar-refractivity contribution in [2.24, 2.45) is 7.05 Å². The van der Waals surface area contributed by atoms with Crippen molar-refractivity contribution in [2.75, 3.05) is 20.3 Å². The zero-order chi connectivity index (χ0) is 20.4. The molecule has 0 bridgehead atoms. The molecule has 6 nitrogen and oxygen atoms in total. The summed E-state index contributed by atoms with van der Waals surface area (Å²) < 4.78 is 9.29. The van der Waals surface area contributed by atoms with Crippen molar-refractivity contribution in [3.05, 3.63) is 52.1 Å². The molecule has 0 saturated heterocycles. The lowest BCUT2D eigenvalue weighted by molar-refractivity contribution is 0.0680. The Kier molecular flexibility index (Phi) is 6.10. The van der Waals surface area contributed by atoms with Crippen molar-refractivity contribution in [1.82, 2.24) is 19.0 Å². The molecule has 1 aromatic carbocycles. The molecule has 0 saturated carbocycles.